The Balaban J connectivity index is 1.37. The summed E-state index contributed by atoms with van der Waals surface area (Å²) in [7, 11) is 4.54. The summed E-state index contributed by atoms with van der Waals surface area (Å²) in [5.41, 5.74) is 5.63. The first kappa shape index (κ1) is 29.4. The first-order valence-electron chi connectivity index (χ1n) is 14.7. The number of rotatable bonds is 8. The monoisotopic (exact) mass is 606 g/mol. The van der Waals surface area contributed by atoms with E-state index in [1.54, 1.807) is 20.3 Å². The van der Waals surface area contributed by atoms with Gasteiger partial charge in [-0.15, -0.1) is 11.3 Å². The molecule has 1 amide bonds. The number of hydrogen-bond donors (Lipinski definition) is 1. The summed E-state index contributed by atoms with van der Waals surface area (Å²) in [6.07, 6.45) is 6.29. The van der Waals surface area contributed by atoms with Gasteiger partial charge in [0, 0.05) is 21.9 Å². The van der Waals surface area contributed by atoms with Crippen molar-refractivity contribution in [2.24, 2.45) is 0 Å². The quantitative estimate of drug-likeness (QED) is 0.178. The zero-order valence-electron chi connectivity index (χ0n) is 25.0. The molecule has 1 fully saturated rings. The van der Waals surface area contributed by atoms with E-state index in [9.17, 15) is 9.59 Å². The lowest BCUT2D eigenvalue weighted by molar-refractivity contribution is 0.0603. The Bertz CT molecular complexity index is 1820. The fourth-order valence-corrected chi connectivity index (χ4v) is 6.98. The molecule has 2 aromatic heterocycles. The lowest BCUT2D eigenvalue weighted by Gasteiger charge is -2.22. The molecule has 0 radical (unpaired) electrons. The molecule has 0 spiro atoms. The molecule has 2 heterocycles. The van der Waals surface area contributed by atoms with Crippen LogP contribution in [-0.4, -0.2) is 38.2 Å². The van der Waals surface area contributed by atoms with Gasteiger partial charge in [0.15, 0.2) is 0 Å². The summed E-state index contributed by atoms with van der Waals surface area (Å²) in [5.74, 6) is 0.965. The Morgan fingerprint density at radius 2 is 1.64 bits per heavy atom. The number of benzene rings is 3. The molecule has 1 N–H and O–H groups in total. The number of fused-ring (bicyclic) bond motifs is 1. The minimum Gasteiger partial charge on any atom is -0.497 e. The summed E-state index contributed by atoms with van der Waals surface area (Å²) in [5, 5.41) is 6.02. The maximum Gasteiger partial charge on any atom is 0.341 e. The number of ether oxygens (including phenoxy) is 3. The van der Waals surface area contributed by atoms with Gasteiger partial charge in [-0.25, -0.2) is 9.78 Å². The predicted molar refractivity (Wildman–Crippen MR) is 175 cm³/mol. The van der Waals surface area contributed by atoms with Gasteiger partial charge in [-0.05, 0) is 60.2 Å². The van der Waals surface area contributed by atoms with Gasteiger partial charge in [-0.1, -0.05) is 61.7 Å². The number of carbonyl (C=O) groups excluding carboxylic acids is 2. The number of nitrogens with zero attached hydrogens (tertiary/aromatic N) is 1. The molecule has 0 saturated heterocycles. The maximum absolute atomic E-state index is 14.0. The number of pyridine rings is 1. The predicted octanol–water partition coefficient (Wildman–Crippen LogP) is 8.73. The van der Waals surface area contributed by atoms with Crippen molar-refractivity contribution >= 4 is 39.1 Å². The molecular weight excluding hydrogens is 572 g/mol. The van der Waals surface area contributed by atoms with E-state index in [1.807, 2.05) is 47.8 Å². The van der Waals surface area contributed by atoms with Crippen LogP contribution in [0.3, 0.4) is 0 Å². The van der Waals surface area contributed by atoms with E-state index in [2.05, 4.69) is 29.6 Å². The van der Waals surface area contributed by atoms with Crippen molar-refractivity contribution in [1.29, 1.82) is 0 Å². The molecule has 0 atom stereocenters. The molecule has 1 aliphatic carbocycles. The standard InChI is InChI=1S/C36H34N2O5S/c1-41-25-17-18-32(42-2)28(19-25)31-20-27(26-11-7-8-12-30(26)37-31)34(39)38-35-33(36(40)43-3)29(21-44-35)24-15-13-23(14-16-24)22-9-5-4-6-10-22/h7-8,11-22H,4-6,9-10H2,1-3H3,(H,38,39). The third kappa shape index (κ3) is 5.77. The lowest BCUT2D eigenvalue weighted by atomic mass is 9.83. The fraction of sp³-hybridized carbons (Fsp3) is 0.250. The highest BCUT2D eigenvalue weighted by atomic mass is 32.1. The first-order chi connectivity index (χ1) is 21.5. The summed E-state index contributed by atoms with van der Waals surface area (Å²) in [4.78, 5) is 31.9. The fourth-order valence-electron chi connectivity index (χ4n) is 6.02. The van der Waals surface area contributed by atoms with Crippen molar-refractivity contribution in [3.8, 4) is 33.9 Å². The van der Waals surface area contributed by atoms with Crippen LogP contribution in [0.25, 0.3) is 33.3 Å². The number of anilines is 1. The van der Waals surface area contributed by atoms with Crippen molar-refractivity contribution in [2.75, 3.05) is 26.6 Å². The van der Waals surface area contributed by atoms with E-state index < -0.39 is 5.97 Å². The maximum atomic E-state index is 14.0. The van der Waals surface area contributed by atoms with Gasteiger partial charge >= 0.3 is 5.97 Å². The molecule has 8 heteroatoms. The van der Waals surface area contributed by atoms with Crippen LogP contribution in [0, 0.1) is 0 Å². The van der Waals surface area contributed by atoms with E-state index in [0.29, 0.717) is 55.7 Å². The first-order valence-corrected chi connectivity index (χ1v) is 15.6. The smallest absolute Gasteiger partial charge is 0.341 e. The van der Waals surface area contributed by atoms with Gasteiger partial charge in [0.05, 0.1) is 38.1 Å². The van der Waals surface area contributed by atoms with E-state index >= 15 is 0 Å². The van der Waals surface area contributed by atoms with Crippen LogP contribution in [0.4, 0.5) is 5.00 Å². The van der Waals surface area contributed by atoms with Crippen LogP contribution in [0.5, 0.6) is 11.5 Å². The third-order valence-corrected chi connectivity index (χ3v) is 9.24. The summed E-state index contributed by atoms with van der Waals surface area (Å²) >= 11 is 1.30. The van der Waals surface area contributed by atoms with Gasteiger partial charge in [0.2, 0.25) is 0 Å². The minimum atomic E-state index is -0.505. The van der Waals surface area contributed by atoms with Crippen molar-refractivity contribution in [2.45, 2.75) is 38.0 Å². The zero-order chi connectivity index (χ0) is 30.6. The van der Waals surface area contributed by atoms with Crippen molar-refractivity contribution in [1.82, 2.24) is 4.98 Å². The van der Waals surface area contributed by atoms with Gasteiger partial charge in [-0.3, -0.25) is 4.79 Å². The molecule has 6 rings (SSSR count). The molecule has 5 aromatic rings. The molecular formula is C36H34N2O5S. The van der Waals surface area contributed by atoms with Crippen LogP contribution in [0.15, 0.2) is 78.2 Å². The second-order valence-corrected chi connectivity index (χ2v) is 11.8. The SMILES string of the molecule is COC(=O)c1c(-c2ccc(C3CCCCC3)cc2)csc1NC(=O)c1cc(-c2cc(OC)ccc2OC)nc2ccccc12. The second-order valence-electron chi connectivity index (χ2n) is 10.9. The number of para-hydroxylation sites is 1. The highest BCUT2D eigenvalue weighted by molar-refractivity contribution is 7.15. The van der Waals surface area contributed by atoms with E-state index in [-0.39, 0.29) is 5.91 Å². The molecule has 7 nitrogen and oxygen atoms in total. The number of carbonyl (C=O) groups is 2. The van der Waals surface area contributed by atoms with Gasteiger partial charge in [0.25, 0.3) is 5.91 Å². The molecule has 224 valence electrons. The summed E-state index contributed by atoms with van der Waals surface area (Å²) < 4.78 is 16.2. The number of aromatic nitrogens is 1. The van der Waals surface area contributed by atoms with Crippen molar-refractivity contribution in [3.05, 3.63) is 94.9 Å². The van der Waals surface area contributed by atoms with E-state index in [4.69, 9.17) is 19.2 Å². The van der Waals surface area contributed by atoms with Crippen LogP contribution < -0.4 is 14.8 Å². The molecule has 3 aromatic carbocycles. The van der Waals surface area contributed by atoms with Crippen LogP contribution >= 0.6 is 11.3 Å². The van der Waals surface area contributed by atoms with Crippen LogP contribution in [0.2, 0.25) is 0 Å². The molecule has 0 unspecified atom stereocenters. The highest BCUT2D eigenvalue weighted by Crippen LogP contribution is 2.39. The normalized spacial score (nSPS) is 13.4. The number of thiophene rings is 1. The largest absolute Gasteiger partial charge is 0.497 e. The Hall–Kier alpha value is -4.69. The van der Waals surface area contributed by atoms with E-state index in [0.717, 1.165) is 11.1 Å². The van der Waals surface area contributed by atoms with Gasteiger partial charge < -0.3 is 19.5 Å². The molecule has 44 heavy (non-hydrogen) atoms. The summed E-state index contributed by atoms with van der Waals surface area (Å²) in [6.45, 7) is 0. The number of amides is 1. The summed E-state index contributed by atoms with van der Waals surface area (Å²) in [6, 6.07) is 23.1. The van der Waals surface area contributed by atoms with Crippen molar-refractivity contribution in [3.63, 3.8) is 0 Å². The number of methoxy groups -OCH3 is 3. The topological polar surface area (TPSA) is 86.8 Å². The Kier molecular flexibility index (Phi) is 8.61. The van der Waals surface area contributed by atoms with Crippen LogP contribution in [0.1, 0.15) is 64.3 Å². The average Bonchev–Trinajstić information content (AvgIpc) is 3.50. The minimum absolute atomic E-state index is 0.337. The van der Waals surface area contributed by atoms with Crippen molar-refractivity contribution < 1.29 is 23.8 Å². The Morgan fingerprint density at radius 3 is 2.36 bits per heavy atom. The average molecular weight is 607 g/mol. The Morgan fingerprint density at radius 1 is 0.864 bits per heavy atom. The molecule has 1 aliphatic rings. The molecule has 0 aliphatic heterocycles. The number of nitrogens with one attached hydrogen (secondary N) is 1. The van der Waals surface area contributed by atoms with Crippen LogP contribution in [-0.2, 0) is 4.74 Å². The number of esters is 1. The molecule has 1 saturated carbocycles. The third-order valence-electron chi connectivity index (χ3n) is 8.35. The van der Waals surface area contributed by atoms with Gasteiger partial charge in [-0.2, -0.15) is 0 Å². The Labute approximate surface area is 260 Å². The lowest BCUT2D eigenvalue weighted by Crippen LogP contribution is -2.15. The highest BCUT2D eigenvalue weighted by Gasteiger charge is 2.25. The molecule has 0 bridgehead atoms. The number of hydrogen-bond acceptors (Lipinski definition) is 7. The second kappa shape index (κ2) is 12.9. The van der Waals surface area contributed by atoms with Gasteiger partial charge in [0.1, 0.15) is 22.1 Å². The van der Waals surface area contributed by atoms with E-state index in [1.165, 1.54) is 56.1 Å². The zero-order valence-corrected chi connectivity index (χ0v) is 25.8.